The minimum Gasteiger partial charge on any atom is -0.212 e. The van der Waals surface area contributed by atoms with Crippen molar-refractivity contribution in [2.75, 3.05) is 0 Å². The molecular formula is C15H14N6O2S2. The third-order valence-corrected chi connectivity index (χ3v) is 6.68. The molecule has 0 N–H and O–H groups in total. The van der Waals surface area contributed by atoms with Gasteiger partial charge in [-0.15, -0.1) is 0 Å². The van der Waals surface area contributed by atoms with Crippen LogP contribution in [0.2, 0.25) is 0 Å². The van der Waals surface area contributed by atoms with Crippen LogP contribution in [0, 0.1) is 6.92 Å². The zero-order valence-corrected chi connectivity index (χ0v) is 14.9. The Kier molecular flexibility index (Phi) is 6.32. The van der Waals surface area contributed by atoms with Gasteiger partial charge in [-0.05, 0) is 64.2 Å². The SMILES string of the molecule is Cc1ccc(S(=O)(=O)SCc2cc(CN=[N+]=[N-])cc(N=[N+]=[N-])c2)cc1. The molecule has 0 atom stereocenters. The molecule has 0 aliphatic heterocycles. The summed E-state index contributed by atoms with van der Waals surface area (Å²) in [5.74, 6) is 0.175. The quantitative estimate of drug-likeness (QED) is 0.279. The molecule has 128 valence electrons. The number of nitrogens with zero attached hydrogens (tertiary/aromatic N) is 6. The van der Waals surface area contributed by atoms with E-state index >= 15 is 0 Å². The van der Waals surface area contributed by atoms with Crippen LogP contribution in [0.15, 0.2) is 57.6 Å². The predicted molar refractivity (Wildman–Crippen MR) is 97.8 cm³/mol. The van der Waals surface area contributed by atoms with Crippen molar-refractivity contribution in [3.63, 3.8) is 0 Å². The summed E-state index contributed by atoms with van der Waals surface area (Å²) < 4.78 is 24.8. The molecule has 0 saturated heterocycles. The molecule has 2 aromatic rings. The molecule has 0 bridgehead atoms. The van der Waals surface area contributed by atoms with Gasteiger partial charge in [0.05, 0.1) is 11.4 Å². The Labute approximate surface area is 148 Å². The number of azide groups is 2. The smallest absolute Gasteiger partial charge is 0.212 e. The van der Waals surface area contributed by atoms with E-state index in [9.17, 15) is 8.42 Å². The summed E-state index contributed by atoms with van der Waals surface area (Å²) >= 11 is 0. The molecular weight excluding hydrogens is 360 g/mol. The summed E-state index contributed by atoms with van der Waals surface area (Å²) in [5, 5.41) is 7.01. The number of aryl methyl sites for hydroxylation is 1. The van der Waals surface area contributed by atoms with Gasteiger partial charge in [0, 0.05) is 21.3 Å². The largest absolute Gasteiger partial charge is 0.230 e. The zero-order chi connectivity index (χ0) is 18.3. The van der Waals surface area contributed by atoms with Crippen LogP contribution in [0.3, 0.4) is 0 Å². The summed E-state index contributed by atoms with van der Waals surface area (Å²) in [6, 6.07) is 11.6. The molecule has 0 spiro atoms. The third-order valence-electron chi connectivity index (χ3n) is 3.20. The van der Waals surface area contributed by atoms with Gasteiger partial charge in [-0.25, -0.2) is 8.42 Å². The van der Waals surface area contributed by atoms with Crippen LogP contribution < -0.4 is 0 Å². The number of rotatable bonds is 7. The van der Waals surface area contributed by atoms with Gasteiger partial charge >= 0.3 is 0 Å². The zero-order valence-electron chi connectivity index (χ0n) is 13.3. The maximum atomic E-state index is 12.4. The molecule has 0 saturated carbocycles. The fraction of sp³-hybridized carbons (Fsp3) is 0.200. The maximum absolute atomic E-state index is 12.4. The van der Waals surface area contributed by atoms with Crippen LogP contribution in [0.1, 0.15) is 16.7 Å². The highest BCUT2D eigenvalue weighted by Crippen LogP contribution is 2.29. The first kappa shape index (κ1) is 18.7. The lowest BCUT2D eigenvalue weighted by molar-refractivity contribution is 0.610. The van der Waals surface area contributed by atoms with Crippen molar-refractivity contribution in [3.05, 3.63) is 80.0 Å². The lowest BCUT2D eigenvalue weighted by atomic mass is 10.1. The highest BCUT2D eigenvalue weighted by molar-refractivity contribution is 8.71. The summed E-state index contributed by atoms with van der Waals surface area (Å²) in [6.07, 6.45) is 0. The van der Waals surface area contributed by atoms with Crippen molar-refractivity contribution >= 4 is 25.4 Å². The van der Waals surface area contributed by atoms with Crippen molar-refractivity contribution < 1.29 is 8.42 Å². The monoisotopic (exact) mass is 374 g/mol. The van der Waals surface area contributed by atoms with E-state index in [-0.39, 0.29) is 17.2 Å². The van der Waals surface area contributed by atoms with Gasteiger partial charge in [0.25, 0.3) is 0 Å². The highest BCUT2D eigenvalue weighted by Gasteiger charge is 2.15. The van der Waals surface area contributed by atoms with Gasteiger partial charge in [0.2, 0.25) is 8.87 Å². The molecule has 0 unspecified atom stereocenters. The average Bonchev–Trinajstić information content (AvgIpc) is 2.59. The maximum Gasteiger partial charge on any atom is 0.230 e. The van der Waals surface area contributed by atoms with Crippen molar-refractivity contribution in [1.29, 1.82) is 0 Å². The molecule has 0 radical (unpaired) electrons. The topological polar surface area (TPSA) is 132 Å². The van der Waals surface area contributed by atoms with Crippen LogP contribution in [-0.2, 0) is 21.2 Å². The van der Waals surface area contributed by atoms with Crippen LogP contribution >= 0.6 is 10.8 Å². The summed E-state index contributed by atoms with van der Waals surface area (Å²) in [7, 11) is -2.71. The minimum atomic E-state index is -3.50. The molecule has 2 aromatic carbocycles. The van der Waals surface area contributed by atoms with Crippen molar-refractivity contribution in [3.8, 4) is 0 Å². The van der Waals surface area contributed by atoms with Gasteiger partial charge in [0.15, 0.2) is 0 Å². The predicted octanol–water partition coefficient (Wildman–Crippen LogP) is 5.37. The summed E-state index contributed by atoms with van der Waals surface area (Å²) in [6.45, 7) is 1.98. The summed E-state index contributed by atoms with van der Waals surface area (Å²) in [5.41, 5.74) is 19.6. The highest BCUT2D eigenvalue weighted by atomic mass is 33.1. The Balaban J connectivity index is 2.23. The Morgan fingerprint density at radius 2 is 1.72 bits per heavy atom. The van der Waals surface area contributed by atoms with E-state index in [4.69, 9.17) is 11.1 Å². The van der Waals surface area contributed by atoms with E-state index in [1.165, 1.54) is 0 Å². The average molecular weight is 374 g/mol. The van der Waals surface area contributed by atoms with E-state index in [1.807, 2.05) is 6.92 Å². The van der Waals surface area contributed by atoms with Gasteiger partial charge in [0.1, 0.15) is 0 Å². The minimum absolute atomic E-state index is 0.0909. The van der Waals surface area contributed by atoms with E-state index < -0.39 is 8.87 Å². The first-order valence-corrected chi connectivity index (χ1v) is 10.1. The Hall–Kier alpha value is -2.64. The second-order valence-corrected chi connectivity index (χ2v) is 9.04. The first-order chi connectivity index (χ1) is 11.9. The Morgan fingerprint density at radius 3 is 2.36 bits per heavy atom. The van der Waals surface area contributed by atoms with Gasteiger partial charge in [-0.1, -0.05) is 34.0 Å². The molecule has 0 aliphatic carbocycles. The molecule has 2 rings (SSSR count). The third kappa shape index (κ3) is 5.44. The van der Waals surface area contributed by atoms with Gasteiger partial charge < -0.3 is 0 Å². The van der Waals surface area contributed by atoms with Crippen LogP contribution in [-0.4, -0.2) is 8.42 Å². The van der Waals surface area contributed by atoms with Crippen molar-refractivity contribution in [2.45, 2.75) is 24.1 Å². The molecule has 0 amide bonds. The van der Waals surface area contributed by atoms with E-state index in [0.717, 1.165) is 16.4 Å². The Bertz CT molecular complexity index is 960. The molecule has 25 heavy (non-hydrogen) atoms. The molecule has 0 heterocycles. The van der Waals surface area contributed by atoms with E-state index in [0.29, 0.717) is 16.8 Å². The van der Waals surface area contributed by atoms with Crippen LogP contribution in [0.25, 0.3) is 20.9 Å². The lowest BCUT2D eigenvalue weighted by Crippen LogP contribution is -1.96. The Morgan fingerprint density at radius 1 is 1.04 bits per heavy atom. The van der Waals surface area contributed by atoms with Crippen molar-refractivity contribution in [2.24, 2.45) is 10.2 Å². The summed E-state index contributed by atoms with van der Waals surface area (Å²) in [4.78, 5) is 5.66. The van der Waals surface area contributed by atoms with Crippen LogP contribution in [0.4, 0.5) is 5.69 Å². The molecule has 8 nitrogen and oxygen atoms in total. The second kappa shape index (κ2) is 8.46. The fourth-order valence-electron chi connectivity index (χ4n) is 2.06. The standard InChI is InChI=1S/C15H14N6O2S2/c1-11-2-4-15(5-3-11)25(22,23)24-10-13-6-12(9-18-20-16)7-14(8-13)19-21-17/h2-8H,9-10H2,1H3. The van der Waals surface area contributed by atoms with Crippen LogP contribution in [0.5, 0.6) is 0 Å². The number of hydrogen-bond donors (Lipinski definition) is 0. The van der Waals surface area contributed by atoms with Gasteiger partial charge in [-0.2, -0.15) is 0 Å². The number of hydrogen-bond acceptors (Lipinski definition) is 5. The molecule has 0 aromatic heterocycles. The molecule has 0 fully saturated rings. The normalized spacial score (nSPS) is 10.6. The molecule has 0 aliphatic rings. The van der Waals surface area contributed by atoms with Gasteiger partial charge in [-0.3, -0.25) is 0 Å². The van der Waals surface area contributed by atoms with E-state index in [1.54, 1.807) is 42.5 Å². The second-order valence-electron chi connectivity index (χ2n) is 5.12. The lowest BCUT2D eigenvalue weighted by Gasteiger charge is -2.07. The number of benzene rings is 2. The van der Waals surface area contributed by atoms with E-state index in [2.05, 4.69) is 20.1 Å². The fourth-order valence-corrected chi connectivity index (χ4v) is 4.74. The first-order valence-electron chi connectivity index (χ1n) is 7.09. The van der Waals surface area contributed by atoms with Crippen molar-refractivity contribution in [1.82, 2.24) is 0 Å². The molecule has 10 heteroatoms.